The summed E-state index contributed by atoms with van der Waals surface area (Å²) in [6.45, 7) is 4.55. The molecule has 2 aromatic rings. The van der Waals surface area contributed by atoms with Crippen LogP contribution in [0, 0.1) is 0 Å². The first-order valence-corrected chi connectivity index (χ1v) is 9.32. The summed E-state index contributed by atoms with van der Waals surface area (Å²) in [5.41, 5.74) is 0.994. The Balaban J connectivity index is 2.41. The van der Waals surface area contributed by atoms with Gasteiger partial charge in [0.15, 0.2) is 0 Å². The minimum atomic E-state index is -3.53. The summed E-state index contributed by atoms with van der Waals surface area (Å²) >= 11 is 0. The van der Waals surface area contributed by atoms with Crippen LogP contribution in [0.3, 0.4) is 0 Å². The maximum absolute atomic E-state index is 13.2. The molecule has 0 amide bonds. The van der Waals surface area contributed by atoms with Gasteiger partial charge < -0.3 is 18.8 Å². The number of nitrogens with zero attached hydrogens (tertiary/aromatic N) is 1. The van der Waals surface area contributed by atoms with E-state index in [0.717, 1.165) is 18.4 Å². The first kappa shape index (κ1) is 17.7. The fourth-order valence-electron chi connectivity index (χ4n) is 1.95. The number of rotatable bonds is 9. The first-order valence-electron chi connectivity index (χ1n) is 7.78. The summed E-state index contributed by atoms with van der Waals surface area (Å²) in [5, 5.41) is 2.88. The normalized spacial score (nSPS) is 11.6. The van der Waals surface area contributed by atoms with Crippen LogP contribution < -0.4 is 10.8 Å². The van der Waals surface area contributed by atoms with Gasteiger partial charge in [0.1, 0.15) is 0 Å². The molecule has 126 valence electrons. The van der Waals surface area contributed by atoms with Crippen molar-refractivity contribution < 1.29 is 18.0 Å². The van der Waals surface area contributed by atoms with E-state index in [4.69, 9.17) is 13.5 Å². The van der Waals surface area contributed by atoms with Crippen molar-refractivity contribution in [2.24, 2.45) is 0 Å². The second-order valence-electron chi connectivity index (χ2n) is 4.95. The number of benzene rings is 1. The first-order chi connectivity index (χ1) is 11.1. The van der Waals surface area contributed by atoms with Crippen LogP contribution in [0.1, 0.15) is 26.7 Å². The summed E-state index contributed by atoms with van der Waals surface area (Å²) in [5.74, 6) is 0.685. The standard InChI is InChI=1S/C16H23N2O4P/c1-4-11-20-23(19,21-12-5-2)16-15(17-3)22-14(18-16)13-9-7-6-8-10-13/h6-10,17H,4-5,11-12H2,1-3H3. The molecule has 0 unspecified atom stereocenters. The molecule has 2 rings (SSSR count). The Bertz CT molecular complexity index is 645. The molecule has 0 saturated carbocycles. The summed E-state index contributed by atoms with van der Waals surface area (Å²) in [4.78, 5) is 4.39. The number of hydrogen-bond acceptors (Lipinski definition) is 6. The molecule has 1 aromatic heterocycles. The van der Waals surface area contributed by atoms with E-state index in [0.29, 0.717) is 25.0 Å². The van der Waals surface area contributed by atoms with Gasteiger partial charge in [0.2, 0.25) is 17.2 Å². The Morgan fingerprint density at radius 2 is 1.74 bits per heavy atom. The molecule has 7 heteroatoms. The van der Waals surface area contributed by atoms with E-state index in [1.54, 1.807) is 7.05 Å². The molecule has 1 aromatic carbocycles. The van der Waals surface area contributed by atoms with Crippen molar-refractivity contribution in [2.75, 3.05) is 25.6 Å². The van der Waals surface area contributed by atoms with Gasteiger partial charge in [-0.05, 0) is 25.0 Å². The van der Waals surface area contributed by atoms with Gasteiger partial charge in [-0.1, -0.05) is 32.0 Å². The zero-order chi connectivity index (χ0) is 16.7. The van der Waals surface area contributed by atoms with E-state index in [9.17, 15) is 4.57 Å². The van der Waals surface area contributed by atoms with E-state index < -0.39 is 7.60 Å². The van der Waals surface area contributed by atoms with Gasteiger partial charge in [-0.3, -0.25) is 4.57 Å². The maximum atomic E-state index is 13.2. The van der Waals surface area contributed by atoms with Crippen molar-refractivity contribution in [3.05, 3.63) is 30.3 Å². The Kier molecular flexibility index (Phi) is 6.39. The van der Waals surface area contributed by atoms with E-state index in [1.165, 1.54) is 0 Å². The molecule has 0 radical (unpaired) electrons. The largest absolute Gasteiger partial charge is 0.420 e. The van der Waals surface area contributed by atoms with E-state index in [1.807, 2.05) is 44.2 Å². The second kappa shape index (κ2) is 8.29. The molecular weight excluding hydrogens is 315 g/mol. The third-order valence-electron chi connectivity index (χ3n) is 3.05. The zero-order valence-corrected chi connectivity index (χ0v) is 14.6. The molecule has 0 atom stereocenters. The number of nitrogens with one attached hydrogen (secondary N) is 1. The summed E-state index contributed by atoms with van der Waals surface area (Å²) in [7, 11) is -1.84. The van der Waals surface area contributed by atoms with Crippen LogP contribution in [-0.2, 0) is 13.6 Å². The second-order valence-corrected chi connectivity index (χ2v) is 6.89. The van der Waals surface area contributed by atoms with Crippen molar-refractivity contribution in [1.29, 1.82) is 0 Å². The predicted octanol–water partition coefficient (Wildman–Crippen LogP) is 4.05. The SMILES string of the molecule is CCCOP(=O)(OCCC)c1nc(-c2ccccc2)oc1NC. The molecule has 0 spiro atoms. The monoisotopic (exact) mass is 338 g/mol. The average Bonchev–Trinajstić information content (AvgIpc) is 3.04. The minimum absolute atomic E-state index is 0.195. The Morgan fingerprint density at radius 3 is 2.26 bits per heavy atom. The number of aromatic nitrogens is 1. The molecule has 23 heavy (non-hydrogen) atoms. The molecule has 1 N–H and O–H groups in total. The lowest BCUT2D eigenvalue weighted by Crippen LogP contribution is -2.16. The van der Waals surface area contributed by atoms with E-state index in [2.05, 4.69) is 10.3 Å². The molecule has 0 saturated heterocycles. The van der Waals surface area contributed by atoms with Gasteiger partial charge in [0.05, 0.1) is 13.2 Å². The highest BCUT2D eigenvalue weighted by atomic mass is 31.2. The highest BCUT2D eigenvalue weighted by Gasteiger charge is 2.35. The Hall–Kier alpha value is -1.62. The molecule has 0 fully saturated rings. The molecular formula is C16H23N2O4P. The van der Waals surface area contributed by atoms with Crippen LogP contribution in [-0.4, -0.2) is 25.2 Å². The zero-order valence-electron chi connectivity index (χ0n) is 13.7. The molecule has 0 aliphatic rings. The fraction of sp³-hybridized carbons (Fsp3) is 0.438. The van der Waals surface area contributed by atoms with Crippen molar-refractivity contribution in [1.82, 2.24) is 4.98 Å². The highest BCUT2D eigenvalue weighted by molar-refractivity contribution is 7.62. The van der Waals surface area contributed by atoms with E-state index >= 15 is 0 Å². The summed E-state index contributed by atoms with van der Waals surface area (Å²) in [6, 6.07) is 9.43. The molecule has 1 heterocycles. The van der Waals surface area contributed by atoms with Crippen LogP contribution in [0.4, 0.5) is 5.88 Å². The molecule has 0 aliphatic carbocycles. The minimum Gasteiger partial charge on any atom is -0.420 e. The van der Waals surface area contributed by atoms with Crippen LogP contribution >= 0.6 is 7.60 Å². The van der Waals surface area contributed by atoms with Crippen molar-refractivity contribution >= 4 is 18.9 Å². The molecule has 6 nitrogen and oxygen atoms in total. The van der Waals surface area contributed by atoms with Gasteiger partial charge in [0.25, 0.3) is 0 Å². The third-order valence-corrected chi connectivity index (χ3v) is 4.91. The van der Waals surface area contributed by atoms with Gasteiger partial charge in [0, 0.05) is 12.6 Å². The van der Waals surface area contributed by atoms with Crippen molar-refractivity contribution in [2.45, 2.75) is 26.7 Å². The molecule has 0 aliphatic heterocycles. The summed E-state index contributed by atoms with van der Waals surface area (Å²) in [6.07, 6.45) is 1.47. The summed E-state index contributed by atoms with van der Waals surface area (Å²) < 4.78 is 29.9. The van der Waals surface area contributed by atoms with Crippen LogP contribution in [0.5, 0.6) is 0 Å². The number of hydrogen-bond donors (Lipinski definition) is 1. The smallest absolute Gasteiger partial charge is 0.385 e. The van der Waals surface area contributed by atoms with Crippen LogP contribution in [0.15, 0.2) is 34.7 Å². The Morgan fingerprint density at radius 1 is 1.13 bits per heavy atom. The highest BCUT2D eigenvalue weighted by Crippen LogP contribution is 2.49. The van der Waals surface area contributed by atoms with Gasteiger partial charge >= 0.3 is 7.60 Å². The van der Waals surface area contributed by atoms with E-state index in [-0.39, 0.29) is 5.44 Å². The van der Waals surface area contributed by atoms with Crippen molar-refractivity contribution in [3.63, 3.8) is 0 Å². The Labute approximate surface area is 136 Å². The van der Waals surface area contributed by atoms with Crippen LogP contribution in [0.25, 0.3) is 11.5 Å². The average molecular weight is 338 g/mol. The van der Waals surface area contributed by atoms with Gasteiger partial charge in [-0.25, -0.2) is 0 Å². The quantitative estimate of drug-likeness (QED) is 0.695. The lowest BCUT2D eigenvalue weighted by molar-refractivity contribution is 0.213. The predicted molar refractivity (Wildman–Crippen MR) is 91.2 cm³/mol. The van der Waals surface area contributed by atoms with Gasteiger partial charge in [-0.15, -0.1) is 0 Å². The van der Waals surface area contributed by atoms with Crippen LogP contribution in [0.2, 0.25) is 0 Å². The fourth-order valence-corrected chi connectivity index (χ4v) is 3.73. The lowest BCUT2D eigenvalue weighted by atomic mass is 10.2. The number of oxazole rings is 1. The third kappa shape index (κ3) is 4.22. The lowest BCUT2D eigenvalue weighted by Gasteiger charge is -2.16. The topological polar surface area (TPSA) is 73.6 Å². The maximum Gasteiger partial charge on any atom is 0.385 e. The van der Waals surface area contributed by atoms with Crippen molar-refractivity contribution in [3.8, 4) is 11.5 Å². The van der Waals surface area contributed by atoms with Gasteiger partial charge in [-0.2, -0.15) is 4.98 Å². The number of anilines is 1. The molecule has 0 bridgehead atoms.